The lowest BCUT2D eigenvalue weighted by Crippen LogP contribution is -2.26. The Morgan fingerprint density at radius 1 is 1.61 bits per heavy atom. The van der Waals surface area contributed by atoms with Crippen LogP contribution >= 0.6 is 12.2 Å². The van der Waals surface area contributed by atoms with E-state index in [0.717, 1.165) is 25.2 Å². The fourth-order valence-corrected chi connectivity index (χ4v) is 2.54. The van der Waals surface area contributed by atoms with Gasteiger partial charge in [0.1, 0.15) is 10.8 Å². The first kappa shape index (κ1) is 13.2. The first-order valence-electron chi connectivity index (χ1n) is 6.01. The summed E-state index contributed by atoms with van der Waals surface area (Å²) in [4.78, 5) is 2.30. The predicted molar refractivity (Wildman–Crippen MR) is 74.3 cm³/mol. The van der Waals surface area contributed by atoms with Gasteiger partial charge in [0.25, 0.3) is 0 Å². The van der Waals surface area contributed by atoms with E-state index >= 15 is 0 Å². The van der Waals surface area contributed by atoms with E-state index in [2.05, 4.69) is 4.90 Å². The third-order valence-corrected chi connectivity index (χ3v) is 3.69. The second-order valence-electron chi connectivity index (χ2n) is 4.76. The number of nitrogens with zero attached hydrogens (tertiary/aromatic N) is 1. The molecule has 3 N–H and O–H groups in total. The van der Waals surface area contributed by atoms with Gasteiger partial charge in [0, 0.05) is 30.3 Å². The number of hydrogen-bond acceptors (Lipinski definition) is 3. The van der Waals surface area contributed by atoms with Crippen molar-refractivity contribution in [2.24, 2.45) is 11.7 Å². The molecule has 0 amide bonds. The van der Waals surface area contributed by atoms with E-state index in [1.165, 1.54) is 12.1 Å². The highest BCUT2D eigenvalue weighted by Gasteiger charge is 2.27. The maximum Gasteiger partial charge on any atom is 0.124 e. The van der Waals surface area contributed by atoms with Crippen molar-refractivity contribution in [1.82, 2.24) is 0 Å². The van der Waals surface area contributed by atoms with Crippen LogP contribution in [0, 0.1) is 11.7 Å². The van der Waals surface area contributed by atoms with E-state index in [1.54, 1.807) is 13.0 Å². The predicted octanol–water partition coefficient (Wildman–Crippen LogP) is 1.67. The monoisotopic (exact) mass is 268 g/mol. The lowest BCUT2D eigenvalue weighted by molar-refractivity contribution is 0.136. The van der Waals surface area contributed by atoms with E-state index in [-0.39, 0.29) is 22.8 Å². The second-order valence-corrected chi connectivity index (χ2v) is 5.20. The molecule has 1 aromatic rings. The van der Waals surface area contributed by atoms with Crippen molar-refractivity contribution in [2.45, 2.75) is 19.4 Å². The fourth-order valence-electron chi connectivity index (χ4n) is 2.38. The third kappa shape index (κ3) is 2.62. The standard InChI is InChI=1S/C13H17FN2OS/c1-8(17)9-4-5-16(7-9)12-3-2-10(14)6-11(12)13(15)18/h2-3,6,8-9,17H,4-5,7H2,1H3,(H2,15,18). The molecule has 1 heterocycles. The van der Waals surface area contributed by atoms with Crippen LogP contribution in [-0.4, -0.2) is 29.3 Å². The number of thiocarbonyl (C=S) groups is 1. The Morgan fingerprint density at radius 3 is 2.89 bits per heavy atom. The van der Waals surface area contributed by atoms with Crippen molar-refractivity contribution in [1.29, 1.82) is 0 Å². The highest BCUT2D eigenvalue weighted by atomic mass is 32.1. The molecule has 5 heteroatoms. The minimum atomic E-state index is -0.340. The molecule has 2 unspecified atom stereocenters. The van der Waals surface area contributed by atoms with Crippen molar-refractivity contribution in [3.05, 3.63) is 29.6 Å². The minimum absolute atomic E-state index is 0.199. The first-order chi connectivity index (χ1) is 8.49. The summed E-state index contributed by atoms with van der Waals surface area (Å²) in [5, 5.41) is 9.60. The van der Waals surface area contributed by atoms with Crippen LogP contribution in [0.15, 0.2) is 18.2 Å². The molecule has 0 saturated carbocycles. The third-order valence-electron chi connectivity index (χ3n) is 3.47. The lowest BCUT2D eigenvalue weighted by Gasteiger charge is -2.22. The number of aliphatic hydroxyl groups is 1. The van der Waals surface area contributed by atoms with E-state index in [9.17, 15) is 9.50 Å². The minimum Gasteiger partial charge on any atom is -0.393 e. The molecular formula is C13H17FN2OS. The van der Waals surface area contributed by atoms with Gasteiger partial charge < -0.3 is 15.7 Å². The Balaban J connectivity index is 2.27. The van der Waals surface area contributed by atoms with E-state index < -0.39 is 0 Å². The van der Waals surface area contributed by atoms with Crippen LogP contribution in [0.25, 0.3) is 0 Å². The summed E-state index contributed by atoms with van der Waals surface area (Å²) in [5.41, 5.74) is 7.05. The summed E-state index contributed by atoms with van der Waals surface area (Å²) in [6.07, 6.45) is 0.593. The Labute approximate surface area is 111 Å². The van der Waals surface area contributed by atoms with Gasteiger partial charge in [0.05, 0.1) is 6.10 Å². The molecular weight excluding hydrogens is 251 g/mol. The summed E-state index contributed by atoms with van der Waals surface area (Å²) in [5.74, 6) is -0.0953. The topological polar surface area (TPSA) is 49.5 Å². The zero-order chi connectivity index (χ0) is 13.3. The van der Waals surface area contributed by atoms with Gasteiger partial charge in [0.2, 0.25) is 0 Å². The zero-order valence-electron chi connectivity index (χ0n) is 10.3. The van der Waals surface area contributed by atoms with Crippen LogP contribution in [0.3, 0.4) is 0 Å². The quantitative estimate of drug-likeness (QED) is 0.819. The Morgan fingerprint density at radius 2 is 2.33 bits per heavy atom. The molecule has 0 spiro atoms. The van der Waals surface area contributed by atoms with Crippen LogP contribution in [-0.2, 0) is 0 Å². The van der Waals surface area contributed by atoms with Crippen LogP contribution in [0.1, 0.15) is 18.9 Å². The molecule has 2 rings (SSSR count). The number of anilines is 1. The fraction of sp³-hybridized carbons (Fsp3) is 0.462. The van der Waals surface area contributed by atoms with Crippen molar-refractivity contribution >= 4 is 22.9 Å². The van der Waals surface area contributed by atoms with Crippen LogP contribution in [0.5, 0.6) is 0 Å². The summed E-state index contributed by atoms with van der Waals surface area (Å²) in [6, 6.07) is 4.48. The van der Waals surface area contributed by atoms with Gasteiger partial charge in [-0.2, -0.15) is 0 Å². The number of hydrogen-bond donors (Lipinski definition) is 2. The molecule has 1 aromatic carbocycles. The molecule has 0 radical (unpaired) electrons. The van der Waals surface area contributed by atoms with Gasteiger partial charge in [0.15, 0.2) is 0 Å². The maximum absolute atomic E-state index is 13.2. The normalized spacial score (nSPS) is 21.1. The van der Waals surface area contributed by atoms with E-state index in [0.29, 0.717) is 5.56 Å². The van der Waals surface area contributed by atoms with Crippen LogP contribution < -0.4 is 10.6 Å². The highest BCUT2D eigenvalue weighted by Crippen LogP contribution is 2.29. The Hall–Kier alpha value is -1.20. The summed E-state index contributed by atoms with van der Waals surface area (Å²) in [7, 11) is 0. The van der Waals surface area contributed by atoms with Gasteiger partial charge in [-0.25, -0.2) is 4.39 Å². The van der Waals surface area contributed by atoms with Gasteiger partial charge >= 0.3 is 0 Å². The number of halogens is 1. The number of aliphatic hydroxyl groups excluding tert-OH is 1. The lowest BCUT2D eigenvalue weighted by atomic mass is 10.0. The number of rotatable bonds is 3. The molecule has 0 aromatic heterocycles. The van der Waals surface area contributed by atoms with Crippen LogP contribution in [0.2, 0.25) is 0 Å². The zero-order valence-corrected chi connectivity index (χ0v) is 11.1. The van der Waals surface area contributed by atoms with Crippen molar-refractivity contribution < 1.29 is 9.50 Å². The summed E-state index contributed by atoms with van der Waals surface area (Å²) < 4.78 is 13.2. The molecule has 1 saturated heterocycles. The van der Waals surface area contributed by atoms with Gasteiger partial charge in [-0.3, -0.25) is 0 Å². The summed E-state index contributed by atoms with van der Waals surface area (Å²) in [6.45, 7) is 3.38. The van der Waals surface area contributed by atoms with Crippen molar-refractivity contribution in [3.8, 4) is 0 Å². The maximum atomic E-state index is 13.2. The molecule has 1 aliphatic heterocycles. The summed E-state index contributed by atoms with van der Waals surface area (Å²) >= 11 is 4.96. The SMILES string of the molecule is CC(O)C1CCN(c2ccc(F)cc2C(N)=S)C1. The van der Waals surface area contributed by atoms with Crippen LogP contribution in [0.4, 0.5) is 10.1 Å². The van der Waals surface area contributed by atoms with Crippen molar-refractivity contribution in [2.75, 3.05) is 18.0 Å². The molecule has 1 fully saturated rings. The average molecular weight is 268 g/mol. The Bertz CT molecular complexity index is 464. The van der Waals surface area contributed by atoms with Crippen molar-refractivity contribution in [3.63, 3.8) is 0 Å². The molecule has 98 valence electrons. The second kappa shape index (κ2) is 5.20. The largest absolute Gasteiger partial charge is 0.393 e. The molecule has 3 nitrogen and oxygen atoms in total. The molecule has 0 aliphatic carbocycles. The molecule has 0 bridgehead atoms. The van der Waals surface area contributed by atoms with E-state index in [4.69, 9.17) is 18.0 Å². The number of benzene rings is 1. The molecule has 2 atom stereocenters. The Kier molecular flexibility index (Phi) is 3.82. The van der Waals surface area contributed by atoms with E-state index in [1.807, 2.05) is 0 Å². The van der Waals surface area contributed by atoms with Gasteiger partial charge in [-0.15, -0.1) is 0 Å². The average Bonchev–Trinajstić information content (AvgIpc) is 2.78. The van der Waals surface area contributed by atoms with Gasteiger partial charge in [-0.05, 0) is 31.5 Å². The highest BCUT2D eigenvalue weighted by molar-refractivity contribution is 7.80. The molecule has 1 aliphatic rings. The smallest absolute Gasteiger partial charge is 0.124 e. The molecule has 18 heavy (non-hydrogen) atoms. The van der Waals surface area contributed by atoms with Gasteiger partial charge in [-0.1, -0.05) is 12.2 Å². The number of nitrogens with two attached hydrogens (primary N) is 1. The first-order valence-corrected chi connectivity index (χ1v) is 6.42.